The number of hydrogen-bond donors (Lipinski definition) is 0. The number of rotatable bonds is 9. The highest BCUT2D eigenvalue weighted by atomic mass is 32.2. The smallest absolute Gasteiger partial charge is 0.282 e. The predicted octanol–water partition coefficient (Wildman–Crippen LogP) is 6.17. The molecule has 0 aromatic heterocycles. The van der Waals surface area contributed by atoms with Gasteiger partial charge in [-0.2, -0.15) is 17.0 Å². The molecule has 3 fully saturated rings. The van der Waals surface area contributed by atoms with Crippen molar-refractivity contribution < 1.29 is 13.3 Å². The fourth-order valence-electron chi connectivity index (χ4n) is 7.31. The van der Waals surface area contributed by atoms with E-state index in [9.17, 15) is 8.42 Å². The summed E-state index contributed by atoms with van der Waals surface area (Å²) in [6, 6.07) is 19.1. The van der Waals surface area contributed by atoms with Gasteiger partial charge in [0.05, 0.1) is 18.8 Å². The minimum Gasteiger partial charge on any atom is -0.399 e. The van der Waals surface area contributed by atoms with Gasteiger partial charge in [-0.1, -0.05) is 54.8 Å². The van der Waals surface area contributed by atoms with E-state index in [0.717, 1.165) is 74.1 Å². The minimum absolute atomic E-state index is 0.230. The third kappa shape index (κ3) is 10.7. The standard InChI is InChI=1S/C36H56N6O3S2/c1-38(2)35-16-18-36(19-17-35)46-40-24-10-22-39(28-31-12-6-4-7-13-31)23-11-25-42(30-34(29-40)37-45-3)47(43,44)41-26-20-33(21-27-41)32-14-8-5-9-15-32/h5,8-9,14-19,31,33H,4,6-7,10-13,20-30H2,1-3H3/b37-34-. The largest absolute Gasteiger partial charge is 0.399 e. The first kappa shape index (κ1) is 36.1. The normalized spacial score (nSPS) is 22.5. The van der Waals surface area contributed by atoms with Gasteiger partial charge in [0.2, 0.25) is 0 Å². The van der Waals surface area contributed by atoms with Crippen molar-refractivity contribution in [1.82, 2.24) is 17.8 Å². The quantitative estimate of drug-likeness (QED) is 0.231. The summed E-state index contributed by atoms with van der Waals surface area (Å²) in [6.07, 6.45) is 10.2. The van der Waals surface area contributed by atoms with Crippen molar-refractivity contribution >= 4 is 33.6 Å². The zero-order valence-corrected chi connectivity index (χ0v) is 30.4. The van der Waals surface area contributed by atoms with Crippen molar-refractivity contribution in [3.8, 4) is 0 Å². The van der Waals surface area contributed by atoms with Crippen molar-refractivity contribution in [2.45, 2.75) is 68.6 Å². The molecule has 0 amide bonds. The Morgan fingerprint density at radius 1 is 0.787 bits per heavy atom. The van der Waals surface area contributed by atoms with Crippen LogP contribution in [0.4, 0.5) is 5.69 Å². The molecule has 0 bridgehead atoms. The summed E-state index contributed by atoms with van der Waals surface area (Å²) in [4.78, 5) is 11.2. The van der Waals surface area contributed by atoms with Crippen LogP contribution in [0, 0.1) is 5.92 Å². The van der Waals surface area contributed by atoms with Gasteiger partial charge >= 0.3 is 0 Å². The second kappa shape index (κ2) is 18.0. The number of nitrogens with zero attached hydrogens (tertiary/aromatic N) is 6. The second-order valence-corrected chi connectivity index (χ2v) is 16.7. The maximum absolute atomic E-state index is 14.3. The molecule has 9 nitrogen and oxygen atoms in total. The number of hydrogen-bond acceptors (Lipinski definition) is 8. The molecule has 5 rings (SSSR count). The van der Waals surface area contributed by atoms with Crippen LogP contribution in [0.15, 0.2) is 64.6 Å². The predicted molar refractivity (Wildman–Crippen MR) is 195 cm³/mol. The lowest BCUT2D eigenvalue weighted by molar-refractivity contribution is 0.187. The van der Waals surface area contributed by atoms with Crippen LogP contribution in [0.5, 0.6) is 0 Å². The fraction of sp³-hybridized carbons (Fsp3) is 0.639. The third-order valence-electron chi connectivity index (χ3n) is 9.91. The van der Waals surface area contributed by atoms with Crippen LogP contribution < -0.4 is 4.90 Å². The van der Waals surface area contributed by atoms with E-state index in [0.29, 0.717) is 32.1 Å². The molecule has 0 radical (unpaired) electrons. The molecule has 1 aliphatic carbocycles. The van der Waals surface area contributed by atoms with Crippen molar-refractivity contribution in [2.24, 2.45) is 11.1 Å². The Morgan fingerprint density at radius 3 is 2.13 bits per heavy atom. The summed E-state index contributed by atoms with van der Waals surface area (Å²) < 4.78 is 34.4. The molecule has 260 valence electrons. The highest BCUT2D eigenvalue weighted by Crippen LogP contribution is 2.31. The van der Waals surface area contributed by atoms with Crippen LogP contribution in [0.1, 0.15) is 69.3 Å². The first-order valence-electron chi connectivity index (χ1n) is 17.6. The molecule has 2 heterocycles. The maximum Gasteiger partial charge on any atom is 0.282 e. The maximum atomic E-state index is 14.3. The molecule has 2 saturated heterocycles. The average Bonchev–Trinajstić information content (AvgIpc) is 3.08. The Hall–Kier alpha value is -2.15. The first-order valence-corrected chi connectivity index (χ1v) is 19.8. The van der Waals surface area contributed by atoms with Gasteiger partial charge in [-0.25, -0.2) is 4.31 Å². The molecule has 0 atom stereocenters. The SMILES string of the molecule is CO/N=C1/CN(Sc2ccc(N(C)C)cc2)CCCN(CC2CCCCC2)CCCN(S(=O)(=O)N2CCC(c3ccccc3)CC2)C1. The summed E-state index contributed by atoms with van der Waals surface area (Å²) in [6.45, 7) is 6.23. The fourth-order valence-corrected chi connectivity index (χ4v) is 9.97. The van der Waals surface area contributed by atoms with E-state index in [4.69, 9.17) is 4.84 Å². The van der Waals surface area contributed by atoms with Crippen LogP contribution in [0.2, 0.25) is 0 Å². The molecule has 11 heteroatoms. The first-order chi connectivity index (χ1) is 22.8. The Kier molecular flexibility index (Phi) is 13.9. The highest BCUT2D eigenvalue weighted by molar-refractivity contribution is 7.97. The van der Waals surface area contributed by atoms with E-state index in [1.54, 1.807) is 27.7 Å². The van der Waals surface area contributed by atoms with E-state index >= 15 is 0 Å². The van der Waals surface area contributed by atoms with E-state index in [-0.39, 0.29) is 6.54 Å². The molecular formula is C36H56N6O3S2. The minimum atomic E-state index is -3.68. The monoisotopic (exact) mass is 684 g/mol. The summed E-state index contributed by atoms with van der Waals surface area (Å²) >= 11 is 1.72. The van der Waals surface area contributed by atoms with Gasteiger partial charge in [0, 0.05) is 57.4 Å². The molecule has 2 aliphatic heterocycles. The zero-order chi connectivity index (χ0) is 33.1. The lowest BCUT2D eigenvalue weighted by atomic mass is 9.89. The Labute approximate surface area is 288 Å². The van der Waals surface area contributed by atoms with Gasteiger partial charge in [0.25, 0.3) is 10.2 Å². The second-order valence-electron chi connectivity index (χ2n) is 13.6. The number of anilines is 1. The number of piperidine rings is 1. The van der Waals surface area contributed by atoms with Gasteiger partial charge in [-0.3, -0.25) is 0 Å². The van der Waals surface area contributed by atoms with E-state index in [1.165, 1.54) is 37.7 Å². The summed E-state index contributed by atoms with van der Waals surface area (Å²) in [5, 5.41) is 4.41. The van der Waals surface area contributed by atoms with E-state index in [1.807, 2.05) is 6.07 Å². The lowest BCUT2D eigenvalue weighted by Gasteiger charge is -2.36. The van der Waals surface area contributed by atoms with Crippen LogP contribution in [-0.4, -0.2) is 112 Å². The lowest BCUT2D eigenvalue weighted by Crippen LogP contribution is -2.50. The van der Waals surface area contributed by atoms with Crippen molar-refractivity contribution in [3.63, 3.8) is 0 Å². The Bertz CT molecular complexity index is 1340. The van der Waals surface area contributed by atoms with Crippen molar-refractivity contribution in [2.75, 3.05) is 85.0 Å². The van der Waals surface area contributed by atoms with Gasteiger partial charge in [-0.05, 0) is 105 Å². The Morgan fingerprint density at radius 2 is 1.47 bits per heavy atom. The summed E-state index contributed by atoms with van der Waals surface area (Å²) in [5.41, 5.74) is 3.20. The molecule has 1 saturated carbocycles. The molecule has 2 aromatic carbocycles. The molecule has 47 heavy (non-hydrogen) atoms. The zero-order valence-electron chi connectivity index (χ0n) is 28.8. The molecule has 0 unspecified atom stereocenters. The van der Waals surface area contributed by atoms with Gasteiger partial charge in [-0.15, -0.1) is 0 Å². The van der Waals surface area contributed by atoms with E-state index < -0.39 is 10.2 Å². The number of benzene rings is 2. The van der Waals surface area contributed by atoms with Crippen LogP contribution >= 0.6 is 11.9 Å². The molecular weight excluding hydrogens is 629 g/mol. The van der Waals surface area contributed by atoms with Gasteiger partial charge in [0.15, 0.2) is 0 Å². The summed E-state index contributed by atoms with van der Waals surface area (Å²) in [7, 11) is 1.97. The van der Waals surface area contributed by atoms with Crippen LogP contribution in [0.3, 0.4) is 0 Å². The molecule has 3 aliphatic rings. The van der Waals surface area contributed by atoms with E-state index in [2.05, 4.69) is 81.9 Å². The molecule has 0 N–H and O–H groups in total. The Balaban J connectivity index is 1.33. The van der Waals surface area contributed by atoms with Crippen LogP contribution in [-0.2, 0) is 15.0 Å². The van der Waals surface area contributed by atoms with Crippen molar-refractivity contribution in [3.05, 3.63) is 60.2 Å². The van der Waals surface area contributed by atoms with Crippen LogP contribution in [0.25, 0.3) is 0 Å². The van der Waals surface area contributed by atoms with Gasteiger partial charge < -0.3 is 14.6 Å². The third-order valence-corrected chi connectivity index (χ3v) is 12.9. The van der Waals surface area contributed by atoms with Gasteiger partial charge in [0.1, 0.15) is 7.11 Å². The highest BCUT2D eigenvalue weighted by Gasteiger charge is 2.34. The number of oxime groups is 1. The topological polar surface area (TPSA) is 71.9 Å². The molecule has 0 spiro atoms. The molecule has 2 aromatic rings. The summed E-state index contributed by atoms with van der Waals surface area (Å²) in [5.74, 6) is 1.15. The average molecular weight is 685 g/mol. The van der Waals surface area contributed by atoms with Crippen molar-refractivity contribution in [1.29, 1.82) is 0 Å².